The molecule has 1 aromatic rings. The monoisotopic (exact) mass is 253 g/mol. The van der Waals surface area contributed by atoms with Crippen molar-refractivity contribution in [2.45, 2.75) is 31.8 Å². The van der Waals surface area contributed by atoms with Crippen molar-refractivity contribution in [2.24, 2.45) is 0 Å². The zero-order chi connectivity index (χ0) is 12.5. The Morgan fingerprint density at radius 1 is 1.29 bits per heavy atom. The van der Waals surface area contributed by atoms with E-state index in [1.54, 1.807) is 0 Å². The van der Waals surface area contributed by atoms with Crippen molar-refractivity contribution in [3.63, 3.8) is 0 Å². The molecular weight excluding hydrogens is 230 g/mol. The summed E-state index contributed by atoms with van der Waals surface area (Å²) < 4.78 is 0. The summed E-state index contributed by atoms with van der Waals surface area (Å²) >= 11 is 1.82. The molecule has 0 saturated heterocycles. The lowest BCUT2D eigenvalue weighted by atomic mass is 10.0. The summed E-state index contributed by atoms with van der Waals surface area (Å²) in [6.07, 6.45) is 4.00. The van der Waals surface area contributed by atoms with E-state index in [1.165, 1.54) is 5.56 Å². The van der Waals surface area contributed by atoms with Gasteiger partial charge in [0.05, 0.1) is 0 Å². The number of aliphatic hydroxyl groups excluding tert-OH is 1. The Labute approximate surface area is 109 Å². The molecule has 1 rings (SSSR count). The van der Waals surface area contributed by atoms with Gasteiger partial charge >= 0.3 is 0 Å². The molecule has 17 heavy (non-hydrogen) atoms. The standard InChI is InChI=1S/C14H23NOS/c1-3-14(12-7-5-4-6-8-12)15-13(9-10-16)11-17-2/h4-8,13-16H,3,9-11H2,1-2H3. The number of rotatable bonds is 8. The third-order valence-corrected chi connectivity index (χ3v) is 3.63. The van der Waals surface area contributed by atoms with Gasteiger partial charge in [-0.25, -0.2) is 0 Å². The van der Waals surface area contributed by atoms with Crippen LogP contribution in [0.4, 0.5) is 0 Å². The van der Waals surface area contributed by atoms with E-state index in [9.17, 15) is 0 Å². The third-order valence-electron chi connectivity index (χ3n) is 2.89. The van der Waals surface area contributed by atoms with Crippen LogP contribution in [0.5, 0.6) is 0 Å². The SMILES string of the molecule is CCC(NC(CCO)CSC)c1ccccc1. The van der Waals surface area contributed by atoms with Gasteiger partial charge in [-0.2, -0.15) is 11.8 Å². The van der Waals surface area contributed by atoms with Gasteiger partial charge in [0.25, 0.3) is 0 Å². The second-order valence-electron chi connectivity index (χ2n) is 4.20. The summed E-state index contributed by atoms with van der Waals surface area (Å²) in [6.45, 7) is 2.45. The van der Waals surface area contributed by atoms with Crippen LogP contribution in [0.1, 0.15) is 31.4 Å². The fourth-order valence-corrected chi connectivity index (χ4v) is 2.66. The van der Waals surface area contributed by atoms with Crippen LogP contribution < -0.4 is 5.32 Å². The van der Waals surface area contributed by atoms with Crippen LogP contribution in [0.2, 0.25) is 0 Å². The largest absolute Gasteiger partial charge is 0.396 e. The van der Waals surface area contributed by atoms with E-state index in [2.05, 4.69) is 42.8 Å². The normalized spacial score (nSPS) is 14.5. The van der Waals surface area contributed by atoms with Gasteiger partial charge in [-0.3, -0.25) is 0 Å². The van der Waals surface area contributed by atoms with Crippen LogP contribution in [-0.2, 0) is 0 Å². The Morgan fingerprint density at radius 3 is 2.53 bits per heavy atom. The highest BCUT2D eigenvalue weighted by Crippen LogP contribution is 2.18. The lowest BCUT2D eigenvalue weighted by Gasteiger charge is -2.24. The summed E-state index contributed by atoms with van der Waals surface area (Å²) in [4.78, 5) is 0. The average Bonchev–Trinajstić information content (AvgIpc) is 2.37. The highest BCUT2D eigenvalue weighted by atomic mass is 32.2. The molecule has 0 amide bonds. The molecule has 96 valence electrons. The van der Waals surface area contributed by atoms with Crippen LogP contribution in [-0.4, -0.2) is 29.8 Å². The van der Waals surface area contributed by atoms with E-state index < -0.39 is 0 Å². The summed E-state index contributed by atoms with van der Waals surface area (Å²) in [5, 5.41) is 12.7. The molecule has 0 bridgehead atoms. The fraction of sp³-hybridized carbons (Fsp3) is 0.571. The second-order valence-corrected chi connectivity index (χ2v) is 5.11. The smallest absolute Gasteiger partial charge is 0.0446 e. The Kier molecular flexibility index (Phi) is 7.33. The molecule has 0 radical (unpaired) electrons. The van der Waals surface area contributed by atoms with E-state index in [1.807, 2.05) is 17.8 Å². The first-order valence-corrected chi connectivity index (χ1v) is 7.62. The first-order chi connectivity index (χ1) is 8.31. The summed E-state index contributed by atoms with van der Waals surface area (Å²) in [6, 6.07) is 11.3. The molecule has 0 heterocycles. The van der Waals surface area contributed by atoms with Gasteiger partial charge in [-0.05, 0) is 24.7 Å². The number of nitrogens with one attached hydrogen (secondary N) is 1. The minimum atomic E-state index is 0.253. The maximum atomic E-state index is 9.07. The number of thioether (sulfide) groups is 1. The van der Waals surface area contributed by atoms with Gasteiger partial charge in [0, 0.05) is 24.4 Å². The van der Waals surface area contributed by atoms with Crippen LogP contribution in [0.15, 0.2) is 30.3 Å². The van der Waals surface area contributed by atoms with Gasteiger partial charge in [0.15, 0.2) is 0 Å². The molecule has 0 aliphatic carbocycles. The lowest BCUT2D eigenvalue weighted by molar-refractivity contribution is 0.263. The Morgan fingerprint density at radius 2 is 2.00 bits per heavy atom. The summed E-state index contributed by atoms with van der Waals surface area (Å²) in [5.74, 6) is 1.05. The van der Waals surface area contributed by atoms with Gasteiger partial charge in [0.2, 0.25) is 0 Å². The quantitative estimate of drug-likeness (QED) is 0.747. The molecule has 2 N–H and O–H groups in total. The summed E-state index contributed by atoms with van der Waals surface area (Å²) in [7, 11) is 0. The maximum absolute atomic E-state index is 9.07. The van der Waals surface area contributed by atoms with Crippen LogP contribution in [0, 0.1) is 0 Å². The van der Waals surface area contributed by atoms with Crippen LogP contribution in [0.3, 0.4) is 0 Å². The molecule has 2 unspecified atom stereocenters. The van der Waals surface area contributed by atoms with Crippen molar-refractivity contribution < 1.29 is 5.11 Å². The molecular formula is C14H23NOS. The van der Waals surface area contributed by atoms with Crippen molar-refractivity contribution in [1.29, 1.82) is 0 Å². The van der Waals surface area contributed by atoms with Crippen molar-refractivity contribution in [2.75, 3.05) is 18.6 Å². The molecule has 0 aromatic heterocycles. The van der Waals surface area contributed by atoms with E-state index in [-0.39, 0.29) is 6.61 Å². The van der Waals surface area contributed by atoms with Gasteiger partial charge in [-0.1, -0.05) is 37.3 Å². The summed E-state index contributed by atoms with van der Waals surface area (Å²) in [5.41, 5.74) is 1.33. The molecule has 0 spiro atoms. The maximum Gasteiger partial charge on any atom is 0.0446 e. The molecule has 0 fully saturated rings. The molecule has 2 atom stereocenters. The minimum absolute atomic E-state index is 0.253. The van der Waals surface area contributed by atoms with Crippen molar-refractivity contribution in [3.8, 4) is 0 Å². The highest BCUT2D eigenvalue weighted by molar-refractivity contribution is 7.98. The highest BCUT2D eigenvalue weighted by Gasteiger charge is 2.14. The Hall–Kier alpha value is -0.510. The van der Waals surface area contributed by atoms with Crippen LogP contribution >= 0.6 is 11.8 Å². The zero-order valence-electron chi connectivity index (χ0n) is 10.7. The topological polar surface area (TPSA) is 32.3 Å². The third kappa shape index (κ3) is 5.11. The zero-order valence-corrected chi connectivity index (χ0v) is 11.5. The predicted molar refractivity (Wildman–Crippen MR) is 76.5 cm³/mol. The van der Waals surface area contributed by atoms with E-state index in [0.717, 1.165) is 18.6 Å². The Bertz CT molecular complexity index is 286. The van der Waals surface area contributed by atoms with E-state index in [4.69, 9.17) is 5.11 Å². The van der Waals surface area contributed by atoms with E-state index in [0.29, 0.717) is 12.1 Å². The minimum Gasteiger partial charge on any atom is -0.396 e. The Balaban J connectivity index is 2.61. The fourth-order valence-electron chi connectivity index (χ4n) is 1.99. The molecule has 0 aliphatic heterocycles. The van der Waals surface area contributed by atoms with Crippen molar-refractivity contribution in [3.05, 3.63) is 35.9 Å². The number of benzene rings is 1. The molecule has 0 saturated carbocycles. The lowest BCUT2D eigenvalue weighted by Crippen LogP contribution is -2.35. The van der Waals surface area contributed by atoms with Crippen LogP contribution in [0.25, 0.3) is 0 Å². The molecule has 2 nitrogen and oxygen atoms in total. The second kappa shape index (κ2) is 8.56. The number of aliphatic hydroxyl groups is 1. The number of hydrogen-bond donors (Lipinski definition) is 2. The first-order valence-electron chi connectivity index (χ1n) is 6.22. The predicted octanol–water partition coefficient (Wildman–Crippen LogP) is 2.84. The van der Waals surface area contributed by atoms with Gasteiger partial charge in [-0.15, -0.1) is 0 Å². The average molecular weight is 253 g/mol. The van der Waals surface area contributed by atoms with Gasteiger partial charge in [0.1, 0.15) is 0 Å². The van der Waals surface area contributed by atoms with Crippen molar-refractivity contribution >= 4 is 11.8 Å². The number of hydrogen-bond acceptors (Lipinski definition) is 3. The molecule has 3 heteroatoms. The van der Waals surface area contributed by atoms with Gasteiger partial charge < -0.3 is 10.4 Å². The first kappa shape index (κ1) is 14.6. The van der Waals surface area contributed by atoms with Crippen molar-refractivity contribution in [1.82, 2.24) is 5.32 Å². The van der Waals surface area contributed by atoms with E-state index >= 15 is 0 Å². The molecule has 0 aliphatic rings. The molecule has 1 aromatic carbocycles.